The van der Waals surface area contributed by atoms with Gasteiger partial charge in [0.05, 0.1) is 6.10 Å². The van der Waals surface area contributed by atoms with Crippen molar-refractivity contribution in [1.29, 1.82) is 0 Å². The van der Waals surface area contributed by atoms with Crippen molar-refractivity contribution >= 4 is 22.0 Å². The third kappa shape index (κ3) is 3.31. The first-order chi connectivity index (χ1) is 20.1. The van der Waals surface area contributed by atoms with Gasteiger partial charge in [0.25, 0.3) is 0 Å². The second-order valence-corrected chi connectivity index (χ2v) is 14.8. The average molecular weight is 645 g/mol. The molecule has 6 aliphatic rings. The molecule has 226 valence electrons. The molecule has 0 radical (unpaired) electrons. The van der Waals surface area contributed by atoms with Crippen LogP contribution in [0.2, 0.25) is 0 Å². The average Bonchev–Trinajstić information content (AvgIpc) is 3.73. The van der Waals surface area contributed by atoms with Crippen molar-refractivity contribution in [3.8, 4) is 0 Å². The number of benzene rings is 1. The van der Waals surface area contributed by atoms with E-state index in [1.54, 1.807) is 0 Å². The number of nitrogens with zero attached hydrogens (tertiary/aromatic N) is 1. The van der Waals surface area contributed by atoms with E-state index >= 15 is 4.39 Å². The minimum Gasteiger partial charge on any atom is -0.390 e. The second kappa shape index (κ2) is 9.21. The molecule has 2 spiro atoms. The number of ether oxygens (including phenoxy) is 4. The molecule has 1 aromatic carbocycles. The van der Waals surface area contributed by atoms with Crippen LogP contribution in [0.15, 0.2) is 36.0 Å². The van der Waals surface area contributed by atoms with Gasteiger partial charge in [0, 0.05) is 33.2 Å². The summed E-state index contributed by atoms with van der Waals surface area (Å²) < 4.78 is 44.8. The summed E-state index contributed by atoms with van der Waals surface area (Å²) in [5, 5.41) is 16.4. The van der Waals surface area contributed by atoms with Gasteiger partial charge in [0.1, 0.15) is 23.6 Å². The van der Waals surface area contributed by atoms with Gasteiger partial charge < -0.3 is 24.1 Å². The van der Waals surface area contributed by atoms with Gasteiger partial charge in [-0.1, -0.05) is 66.5 Å². The first kappa shape index (κ1) is 27.9. The van der Waals surface area contributed by atoms with Gasteiger partial charge >= 0.3 is 0 Å². The number of aromatic nitrogens is 2. The molecule has 42 heavy (non-hydrogen) atoms. The normalized spacial score (nSPS) is 45.5. The van der Waals surface area contributed by atoms with Gasteiger partial charge in [-0.2, -0.15) is 5.10 Å². The van der Waals surface area contributed by atoms with Crippen LogP contribution in [0.1, 0.15) is 68.8 Å². The van der Waals surface area contributed by atoms with Gasteiger partial charge in [0.2, 0.25) is 5.79 Å². The van der Waals surface area contributed by atoms with Gasteiger partial charge in [-0.15, -0.1) is 4.68 Å². The Morgan fingerprint density at radius 2 is 1.86 bits per heavy atom. The number of nitrogens with one attached hydrogen (secondary N) is 1. The number of aliphatic hydroxyl groups is 1. The lowest BCUT2D eigenvalue weighted by molar-refractivity contribution is -0.742. The highest BCUT2D eigenvalue weighted by atomic mass is 79.9. The minimum atomic E-state index is -1.75. The van der Waals surface area contributed by atoms with Crippen molar-refractivity contribution in [1.82, 2.24) is 5.10 Å². The second-order valence-electron chi connectivity index (χ2n) is 14.2. The quantitative estimate of drug-likeness (QED) is 0.356. The Labute approximate surface area is 254 Å². The molecule has 3 heterocycles. The maximum absolute atomic E-state index is 18.2. The van der Waals surface area contributed by atoms with Crippen LogP contribution < -0.4 is 4.68 Å². The van der Waals surface area contributed by atoms with E-state index in [0.717, 1.165) is 41.5 Å². The van der Waals surface area contributed by atoms with Gasteiger partial charge in [0.15, 0.2) is 26.3 Å². The van der Waals surface area contributed by atoms with E-state index in [4.69, 9.17) is 18.9 Å². The molecule has 2 aromatic rings. The number of hydrogen-bond donors (Lipinski definition) is 2. The summed E-state index contributed by atoms with van der Waals surface area (Å²) in [5.41, 5.74) is 1.87. The summed E-state index contributed by atoms with van der Waals surface area (Å²) in [6.45, 7) is 7.73. The summed E-state index contributed by atoms with van der Waals surface area (Å²) in [5.74, 6) is -1.20. The highest BCUT2D eigenvalue weighted by Gasteiger charge is 2.81. The molecule has 4 aliphatic carbocycles. The maximum atomic E-state index is 18.2. The summed E-state index contributed by atoms with van der Waals surface area (Å²) in [4.78, 5) is 0. The zero-order valence-electron chi connectivity index (χ0n) is 24.6. The third-order valence-corrected chi connectivity index (χ3v) is 13.1. The van der Waals surface area contributed by atoms with Gasteiger partial charge in [-0.3, -0.25) is 0 Å². The molecule has 9 heteroatoms. The minimum absolute atomic E-state index is 0.0297. The van der Waals surface area contributed by atoms with Crippen LogP contribution in [0, 0.1) is 28.6 Å². The third-order valence-electron chi connectivity index (χ3n) is 12.5. The predicted octanol–water partition coefficient (Wildman–Crippen LogP) is 5.18. The van der Waals surface area contributed by atoms with Crippen molar-refractivity contribution in [3.05, 3.63) is 58.4 Å². The van der Waals surface area contributed by atoms with E-state index in [9.17, 15) is 5.11 Å². The van der Waals surface area contributed by atoms with Crippen molar-refractivity contribution in [3.63, 3.8) is 0 Å². The Morgan fingerprint density at radius 1 is 1.10 bits per heavy atom. The molecule has 2 N–H and O–H groups in total. The Hall–Kier alpha value is -1.62. The number of allylic oxidation sites excluding steroid dienone is 1. The maximum Gasteiger partial charge on any atom is 0.227 e. The molecular formula is C33H41BrFN2O5+. The SMILES string of the molecule is C[C@@H]1C[C@H]2[C@@H]3CCC4=Cc5[nH][n+](Cc6ccc(CBr)cc6)cc5C[C@]4(C)[C@@]3(F)[C@@H](O)C[C@]2(C)[C@]12OCOC21COCO1. The molecule has 3 saturated carbocycles. The Morgan fingerprint density at radius 3 is 2.60 bits per heavy atom. The van der Waals surface area contributed by atoms with E-state index in [-0.39, 0.29) is 31.3 Å². The molecule has 0 amide bonds. The van der Waals surface area contributed by atoms with Crippen LogP contribution in [-0.4, -0.2) is 53.6 Å². The first-order valence-electron chi connectivity index (χ1n) is 15.4. The number of H-pyrrole nitrogens is 1. The summed E-state index contributed by atoms with van der Waals surface area (Å²) >= 11 is 3.52. The molecule has 7 nitrogen and oxygen atoms in total. The number of aromatic amines is 1. The fourth-order valence-electron chi connectivity index (χ4n) is 10.7. The smallest absolute Gasteiger partial charge is 0.227 e. The summed E-state index contributed by atoms with van der Waals surface area (Å²) in [6, 6.07) is 8.59. The number of aliphatic hydroxyl groups excluding tert-OH is 1. The monoisotopic (exact) mass is 643 g/mol. The number of rotatable bonds is 3. The van der Waals surface area contributed by atoms with E-state index in [2.05, 4.69) is 83.0 Å². The fourth-order valence-corrected chi connectivity index (χ4v) is 11.1. The van der Waals surface area contributed by atoms with E-state index in [0.29, 0.717) is 25.9 Å². The van der Waals surface area contributed by atoms with Crippen LogP contribution in [0.4, 0.5) is 4.39 Å². The molecule has 9 atom stereocenters. The molecule has 5 fully saturated rings. The molecule has 1 aromatic heterocycles. The highest BCUT2D eigenvalue weighted by Crippen LogP contribution is 2.74. The van der Waals surface area contributed by atoms with Crippen molar-refractivity contribution < 1.29 is 33.1 Å². The van der Waals surface area contributed by atoms with Crippen molar-refractivity contribution in [2.75, 3.05) is 20.2 Å². The van der Waals surface area contributed by atoms with Gasteiger partial charge in [-0.25, -0.2) is 4.39 Å². The van der Waals surface area contributed by atoms with E-state index in [1.165, 1.54) is 11.1 Å². The highest BCUT2D eigenvalue weighted by molar-refractivity contribution is 9.08. The Bertz CT molecular complexity index is 1430. The van der Waals surface area contributed by atoms with Crippen LogP contribution in [0.25, 0.3) is 6.08 Å². The lowest BCUT2D eigenvalue weighted by Gasteiger charge is -2.64. The number of fused-ring (bicyclic) bond motifs is 8. The van der Waals surface area contributed by atoms with Gasteiger partial charge in [-0.05, 0) is 55.6 Å². The molecule has 2 saturated heterocycles. The van der Waals surface area contributed by atoms with Crippen molar-refractivity contribution in [2.24, 2.45) is 28.6 Å². The fraction of sp³-hybridized carbons (Fsp3) is 0.667. The van der Waals surface area contributed by atoms with Crippen LogP contribution in [-0.2, 0) is 37.2 Å². The summed E-state index contributed by atoms with van der Waals surface area (Å²) in [7, 11) is 0. The zero-order chi connectivity index (χ0) is 29.1. The zero-order valence-corrected chi connectivity index (χ0v) is 26.2. The topological polar surface area (TPSA) is 76.8 Å². The molecular weight excluding hydrogens is 603 g/mol. The number of halogens is 2. The molecule has 0 bridgehead atoms. The first-order valence-corrected chi connectivity index (χ1v) is 16.6. The van der Waals surface area contributed by atoms with Crippen LogP contribution in [0.5, 0.6) is 0 Å². The predicted molar refractivity (Wildman–Crippen MR) is 156 cm³/mol. The lowest BCUT2D eigenvalue weighted by atomic mass is 9.43. The Balaban J connectivity index is 1.13. The van der Waals surface area contributed by atoms with E-state index in [1.807, 2.05) is 0 Å². The summed E-state index contributed by atoms with van der Waals surface area (Å²) in [6.07, 6.45) is 6.38. The molecule has 2 aliphatic heterocycles. The van der Waals surface area contributed by atoms with Crippen LogP contribution >= 0.6 is 15.9 Å². The van der Waals surface area contributed by atoms with Crippen molar-refractivity contribution in [2.45, 2.75) is 87.9 Å². The molecule has 8 rings (SSSR count). The largest absolute Gasteiger partial charge is 0.390 e. The lowest BCUT2D eigenvalue weighted by Crippen LogP contribution is -2.72. The molecule has 1 unspecified atom stereocenters. The standard InChI is InChI=1S/C33H40BrFN2O5/c1-20-10-26-25-9-8-24-11-27-23(16-37(36-27)15-22-6-4-21(14-34)5-7-22)12-29(24,2)32(25,35)28(38)13-30(26,3)33(20)31(41-19-42-33)17-39-18-40-31/h4-7,11,16,20,25-26,28,38H,8-10,12-15,17-19H2,1-3H3/p+1/t20-,25+,26+,28+,29+,30+,31?,32+,33-/m1/s1. The number of hydrogen-bond acceptors (Lipinski definition) is 5. The Kier molecular flexibility index (Phi) is 6.11. The van der Waals surface area contributed by atoms with Crippen LogP contribution in [0.3, 0.4) is 0 Å². The number of alkyl halides is 2. The van der Waals surface area contributed by atoms with E-state index < -0.39 is 34.0 Å².